The number of fused-ring (bicyclic) bond motifs is 1. The van der Waals surface area contributed by atoms with E-state index in [9.17, 15) is 9.18 Å². The Balaban J connectivity index is 1.81. The molecule has 3 aromatic carbocycles. The molecule has 0 atom stereocenters. The lowest BCUT2D eigenvalue weighted by Crippen LogP contribution is -2.33. The lowest BCUT2D eigenvalue weighted by Gasteiger charge is -2.24. The van der Waals surface area contributed by atoms with Gasteiger partial charge in [-0.2, -0.15) is 0 Å². The quantitative estimate of drug-likeness (QED) is 0.343. The summed E-state index contributed by atoms with van der Waals surface area (Å²) in [6.07, 6.45) is 0. The van der Waals surface area contributed by atoms with Gasteiger partial charge in [0.25, 0.3) is 5.91 Å². The van der Waals surface area contributed by atoms with Gasteiger partial charge in [0, 0.05) is 42.8 Å². The summed E-state index contributed by atoms with van der Waals surface area (Å²) in [6, 6.07) is 21.7. The number of ether oxygens (including phenoxy) is 2. The van der Waals surface area contributed by atoms with E-state index in [1.54, 1.807) is 31.3 Å². The minimum atomic E-state index is -0.445. The number of hydrogen-bond acceptors (Lipinski definition) is 4. The zero-order valence-corrected chi connectivity index (χ0v) is 19.5. The average Bonchev–Trinajstić information content (AvgIpc) is 2.85. The number of nitrogens with zero attached hydrogens (tertiary/aromatic N) is 2. The number of rotatable bonds is 8. The van der Waals surface area contributed by atoms with Crippen molar-refractivity contribution in [2.24, 2.45) is 0 Å². The molecule has 0 aliphatic rings. The molecule has 6 heteroatoms. The van der Waals surface area contributed by atoms with Crippen LogP contribution in [0.25, 0.3) is 22.2 Å². The average molecular weight is 459 g/mol. The molecule has 0 N–H and O–H groups in total. The summed E-state index contributed by atoms with van der Waals surface area (Å²) in [5.74, 6) is 0.0202. The molecule has 4 rings (SSSR count). The molecule has 1 aromatic heterocycles. The Labute approximate surface area is 198 Å². The van der Waals surface area contributed by atoms with Gasteiger partial charge in [-0.05, 0) is 55.0 Å². The zero-order valence-electron chi connectivity index (χ0n) is 19.5. The molecular formula is C28H27FN2O3. The van der Waals surface area contributed by atoms with E-state index in [0.29, 0.717) is 25.3 Å². The molecule has 174 valence electrons. The fraction of sp³-hybridized carbons (Fsp3) is 0.214. The standard InChI is InChI=1S/C28H27FN2O3/c1-19-6-4-7-21(14-19)27-23(15-20-10-11-25(34-3)17-26(20)30-27)18-31(12-13-33-2)28(32)22-8-5-9-24(29)16-22/h4-11,14-17H,12-13,18H2,1-3H3. The topological polar surface area (TPSA) is 51.7 Å². The second kappa shape index (κ2) is 10.4. The van der Waals surface area contributed by atoms with Crippen LogP contribution in [0.3, 0.4) is 0 Å². The molecule has 5 nitrogen and oxygen atoms in total. The second-order valence-electron chi connectivity index (χ2n) is 8.15. The van der Waals surface area contributed by atoms with Crippen LogP contribution >= 0.6 is 0 Å². The summed E-state index contributed by atoms with van der Waals surface area (Å²) in [5, 5.41) is 0.942. The summed E-state index contributed by atoms with van der Waals surface area (Å²) in [4.78, 5) is 20.0. The fourth-order valence-corrected chi connectivity index (χ4v) is 3.94. The molecule has 0 fully saturated rings. The molecule has 4 aromatic rings. The summed E-state index contributed by atoms with van der Waals surface area (Å²) < 4.78 is 24.4. The predicted molar refractivity (Wildman–Crippen MR) is 131 cm³/mol. The van der Waals surface area contributed by atoms with Gasteiger partial charge in [-0.15, -0.1) is 0 Å². The number of hydrogen-bond donors (Lipinski definition) is 0. The SMILES string of the molecule is COCCN(Cc1cc2ccc(OC)cc2nc1-c1cccc(C)c1)C(=O)c1cccc(F)c1. The first-order valence-corrected chi connectivity index (χ1v) is 11.1. The molecule has 1 heterocycles. The first-order valence-electron chi connectivity index (χ1n) is 11.1. The van der Waals surface area contributed by atoms with Crippen LogP contribution in [0.2, 0.25) is 0 Å². The number of aromatic nitrogens is 1. The first kappa shape index (κ1) is 23.4. The summed E-state index contributed by atoms with van der Waals surface area (Å²) in [7, 11) is 3.22. The highest BCUT2D eigenvalue weighted by atomic mass is 19.1. The van der Waals surface area contributed by atoms with Crippen molar-refractivity contribution in [1.29, 1.82) is 0 Å². The number of carbonyl (C=O) groups is 1. The van der Waals surface area contributed by atoms with Crippen molar-refractivity contribution in [2.45, 2.75) is 13.5 Å². The number of benzene rings is 3. The van der Waals surface area contributed by atoms with Gasteiger partial charge >= 0.3 is 0 Å². The zero-order chi connectivity index (χ0) is 24.1. The van der Waals surface area contributed by atoms with E-state index in [-0.39, 0.29) is 5.91 Å². The minimum Gasteiger partial charge on any atom is -0.497 e. The predicted octanol–water partition coefficient (Wildman–Crippen LogP) is 5.65. The monoisotopic (exact) mass is 458 g/mol. The normalized spacial score (nSPS) is 10.9. The Morgan fingerprint density at radius 2 is 1.82 bits per heavy atom. The van der Waals surface area contributed by atoms with Crippen LogP contribution in [-0.2, 0) is 11.3 Å². The van der Waals surface area contributed by atoms with Crippen molar-refractivity contribution in [3.05, 3.63) is 95.3 Å². The van der Waals surface area contributed by atoms with E-state index in [1.807, 2.05) is 43.3 Å². The number of methoxy groups -OCH3 is 2. The molecule has 34 heavy (non-hydrogen) atoms. The van der Waals surface area contributed by atoms with Crippen LogP contribution in [0.15, 0.2) is 72.8 Å². The van der Waals surface area contributed by atoms with E-state index < -0.39 is 5.82 Å². The molecule has 0 unspecified atom stereocenters. The van der Waals surface area contributed by atoms with Gasteiger partial charge in [0.15, 0.2) is 0 Å². The van der Waals surface area contributed by atoms with Crippen LogP contribution in [0.1, 0.15) is 21.5 Å². The van der Waals surface area contributed by atoms with Crippen molar-refractivity contribution in [3.8, 4) is 17.0 Å². The maximum Gasteiger partial charge on any atom is 0.254 e. The van der Waals surface area contributed by atoms with Gasteiger partial charge in [0.05, 0.1) is 24.9 Å². The lowest BCUT2D eigenvalue weighted by atomic mass is 10.0. The highest BCUT2D eigenvalue weighted by Crippen LogP contribution is 2.29. The van der Waals surface area contributed by atoms with Crippen molar-refractivity contribution in [2.75, 3.05) is 27.4 Å². The molecule has 0 spiro atoms. The van der Waals surface area contributed by atoms with E-state index >= 15 is 0 Å². The minimum absolute atomic E-state index is 0.262. The number of carbonyl (C=O) groups excluding carboxylic acids is 1. The number of amides is 1. The maximum atomic E-state index is 13.8. The molecule has 0 saturated carbocycles. The molecule has 0 bridgehead atoms. The summed E-state index contributed by atoms with van der Waals surface area (Å²) in [5.41, 5.74) is 4.86. The Hall–Kier alpha value is -3.77. The molecule has 0 aliphatic carbocycles. The van der Waals surface area contributed by atoms with Crippen LogP contribution < -0.4 is 4.74 Å². The van der Waals surface area contributed by atoms with Crippen molar-refractivity contribution in [3.63, 3.8) is 0 Å². The van der Waals surface area contributed by atoms with Crippen molar-refractivity contribution in [1.82, 2.24) is 9.88 Å². The lowest BCUT2D eigenvalue weighted by molar-refractivity contribution is 0.0680. The molecule has 0 aliphatic heterocycles. The smallest absolute Gasteiger partial charge is 0.254 e. The third kappa shape index (κ3) is 5.24. The van der Waals surface area contributed by atoms with Crippen molar-refractivity contribution < 1.29 is 18.7 Å². The van der Waals surface area contributed by atoms with E-state index in [1.165, 1.54) is 12.1 Å². The third-order valence-electron chi connectivity index (χ3n) is 5.68. The Morgan fingerprint density at radius 3 is 2.56 bits per heavy atom. The van der Waals surface area contributed by atoms with Gasteiger partial charge in [-0.25, -0.2) is 9.37 Å². The van der Waals surface area contributed by atoms with E-state index in [4.69, 9.17) is 14.5 Å². The summed E-state index contributed by atoms with van der Waals surface area (Å²) >= 11 is 0. The highest BCUT2D eigenvalue weighted by Gasteiger charge is 2.20. The Kier molecular flexibility index (Phi) is 7.18. The van der Waals surface area contributed by atoms with E-state index in [0.717, 1.165) is 39.0 Å². The van der Waals surface area contributed by atoms with Gasteiger partial charge in [-0.1, -0.05) is 29.8 Å². The number of pyridine rings is 1. The fourth-order valence-electron chi connectivity index (χ4n) is 3.94. The molecule has 0 radical (unpaired) electrons. The van der Waals surface area contributed by atoms with E-state index in [2.05, 4.69) is 12.1 Å². The molecular weight excluding hydrogens is 431 g/mol. The maximum absolute atomic E-state index is 13.8. The number of aryl methyl sites for hydroxylation is 1. The van der Waals surface area contributed by atoms with Gasteiger partial charge in [0.2, 0.25) is 0 Å². The summed E-state index contributed by atoms with van der Waals surface area (Å²) in [6.45, 7) is 3.06. The van der Waals surface area contributed by atoms with Gasteiger partial charge in [-0.3, -0.25) is 4.79 Å². The second-order valence-corrected chi connectivity index (χ2v) is 8.15. The Bertz CT molecular complexity index is 1320. The molecule has 0 saturated heterocycles. The number of halogens is 1. The first-order chi connectivity index (χ1) is 16.5. The van der Waals surface area contributed by atoms with Crippen LogP contribution in [0.4, 0.5) is 4.39 Å². The van der Waals surface area contributed by atoms with Crippen LogP contribution in [0, 0.1) is 12.7 Å². The largest absolute Gasteiger partial charge is 0.497 e. The van der Waals surface area contributed by atoms with Crippen LogP contribution in [0.5, 0.6) is 5.75 Å². The van der Waals surface area contributed by atoms with Crippen LogP contribution in [-0.4, -0.2) is 43.2 Å². The third-order valence-corrected chi connectivity index (χ3v) is 5.68. The Morgan fingerprint density at radius 1 is 1.00 bits per heavy atom. The molecule has 1 amide bonds. The van der Waals surface area contributed by atoms with Gasteiger partial charge in [0.1, 0.15) is 11.6 Å². The van der Waals surface area contributed by atoms with Gasteiger partial charge < -0.3 is 14.4 Å². The van der Waals surface area contributed by atoms with Crippen molar-refractivity contribution >= 4 is 16.8 Å². The highest BCUT2D eigenvalue weighted by molar-refractivity contribution is 5.94.